The summed E-state index contributed by atoms with van der Waals surface area (Å²) in [4.78, 5) is 12.1. The van der Waals surface area contributed by atoms with Gasteiger partial charge in [0.25, 0.3) is 0 Å². The summed E-state index contributed by atoms with van der Waals surface area (Å²) in [7, 11) is 0. The number of para-hydroxylation sites is 1. The van der Waals surface area contributed by atoms with Crippen LogP contribution in [0.15, 0.2) is 48.5 Å². The highest BCUT2D eigenvalue weighted by Gasteiger charge is 2.20. The molecule has 5 heteroatoms. The predicted octanol–water partition coefficient (Wildman–Crippen LogP) is 2.89. The Kier molecular flexibility index (Phi) is 5.21. The minimum Gasteiger partial charge on any atom is -0.494 e. The van der Waals surface area contributed by atoms with Crippen molar-refractivity contribution in [1.82, 2.24) is 10.6 Å². The van der Waals surface area contributed by atoms with Crippen LogP contribution in [0.25, 0.3) is 0 Å². The summed E-state index contributed by atoms with van der Waals surface area (Å²) in [5, 5.41) is 5.84. The topological polar surface area (TPSA) is 59.6 Å². The van der Waals surface area contributed by atoms with Crippen molar-refractivity contribution in [3.05, 3.63) is 59.7 Å². The van der Waals surface area contributed by atoms with Crippen molar-refractivity contribution in [3.63, 3.8) is 0 Å². The lowest BCUT2D eigenvalue weighted by Crippen LogP contribution is -2.47. The van der Waals surface area contributed by atoms with Crippen LogP contribution in [0, 0.1) is 0 Å². The Bertz CT molecular complexity index is 685. The third kappa shape index (κ3) is 4.19. The minimum absolute atomic E-state index is 0.0137. The highest BCUT2D eigenvalue weighted by atomic mass is 16.5. The second-order valence-electron chi connectivity index (χ2n) is 5.72. The Labute approximate surface area is 142 Å². The molecule has 0 fully saturated rings. The summed E-state index contributed by atoms with van der Waals surface area (Å²) in [5.41, 5.74) is 2.15. The van der Waals surface area contributed by atoms with Crippen molar-refractivity contribution in [3.8, 4) is 11.5 Å². The highest BCUT2D eigenvalue weighted by molar-refractivity contribution is 5.74. The molecule has 2 aromatic rings. The van der Waals surface area contributed by atoms with E-state index in [0.29, 0.717) is 19.8 Å². The molecule has 1 unspecified atom stereocenters. The average molecular weight is 326 g/mol. The van der Waals surface area contributed by atoms with E-state index in [1.54, 1.807) is 0 Å². The number of nitrogens with one attached hydrogen (secondary N) is 2. The van der Waals surface area contributed by atoms with Crippen molar-refractivity contribution in [2.75, 3.05) is 13.2 Å². The highest BCUT2D eigenvalue weighted by Crippen LogP contribution is 2.23. The summed E-state index contributed by atoms with van der Waals surface area (Å²) >= 11 is 0. The first-order valence-corrected chi connectivity index (χ1v) is 8.21. The number of urea groups is 1. The Hall–Kier alpha value is -2.69. The molecule has 2 amide bonds. The molecular formula is C19H22N2O3. The monoisotopic (exact) mass is 326 g/mol. The zero-order valence-electron chi connectivity index (χ0n) is 13.7. The van der Waals surface area contributed by atoms with E-state index < -0.39 is 0 Å². The van der Waals surface area contributed by atoms with Gasteiger partial charge >= 0.3 is 6.03 Å². The summed E-state index contributed by atoms with van der Waals surface area (Å²) in [6, 6.07) is 15.4. The van der Waals surface area contributed by atoms with Gasteiger partial charge in [-0.3, -0.25) is 0 Å². The molecule has 126 valence electrons. The summed E-state index contributed by atoms with van der Waals surface area (Å²) in [5.74, 6) is 1.74. The number of fused-ring (bicyclic) bond motifs is 1. The predicted molar refractivity (Wildman–Crippen MR) is 92.4 cm³/mol. The third-order valence-corrected chi connectivity index (χ3v) is 3.90. The van der Waals surface area contributed by atoms with Crippen LogP contribution >= 0.6 is 0 Å². The smallest absolute Gasteiger partial charge is 0.315 e. The third-order valence-electron chi connectivity index (χ3n) is 3.90. The summed E-state index contributed by atoms with van der Waals surface area (Å²) in [6.45, 7) is 3.57. The maximum absolute atomic E-state index is 12.1. The standard InChI is InChI=1S/C19H22N2O3/c1-2-23-17-9-7-14(8-10-17)12-20-19(22)21-16-11-15-5-3-4-6-18(15)24-13-16/h3-10,16H,2,11-13H2,1H3,(H2,20,21,22). The van der Waals surface area contributed by atoms with E-state index in [2.05, 4.69) is 10.6 Å². The molecule has 1 aliphatic rings. The second-order valence-corrected chi connectivity index (χ2v) is 5.72. The fourth-order valence-corrected chi connectivity index (χ4v) is 2.71. The van der Waals surface area contributed by atoms with Gasteiger partial charge in [0.05, 0.1) is 12.6 Å². The number of amides is 2. The number of ether oxygens (including phenoxy) is 2. The van der Waals surface area contributed by atoms with E-state index >= 15 is 0 Å². The van der Waals surface area contributed by atoms with Gasteiger partial charge in [-0.25, -0.2) is 4.79 Å². The fraction of sp³-hybridized carbons (Fsp3) is 0.316. The Balaban J connectivity index is 1.46. The molecule has 0 aliphatic carbocycles. The SMILES string of the molecule is CCOc1ccc(CNC(=O)NC2COc3ccccc3C2)cc1. The largest absolute Gasteiger partial charge is 0.494 e. The van der Waals surface area contributed by atoms with Gasteiger partial charge in [-0.15, -0.1) is 0 Å². The number of carbonyl (C=O) groups excluding carboxylic acids is 1. The lowest BCUT2D eigenvalue weighted by atomic mass is 10.0. The van der Waals surface area contributed by atoms with E-state index in [4.69, 9.17) is 9.47 Å². The van der Waals surface area contributed by atoms with E-state index in [9.17, 15) is 4.79 Å². The van der Waals surface area contributed by atoms with Crippen LogP contribution < -0.4 is 20.1 Å². The molecule has 0 aromatic heterocycles. The van der Waals surface area contributed by atoms with E-state index in [1.807, 2.05) is 55.5 Å². The van der Waals surface area contributed by atoms with Gasteiger partial charge in [-0.1, -0.05) is 30.3 Å². The Morgan fingerprint density at radius 1 is 1.21 bits per heavy atom. The van der Waals surface area contributed by atoms with Crippen LogP contribution in [-0.4, -0.2) is 25.3 Å². The summed E-state index contributed by atoms with van der Waals surface area (Å²) < 4.78 is 11.1. The van der Waals surface area contributed by atoms with Crippen LogP contribution in [0.5, 0.6) is 11.5 Å². The van der Waals surface area contributed by atoms with Gasteiger partial charge in [0.15, 0.2) is 0 Å². The van der Waals surface area contributed by atoms with Gasteiger partial charge in [-0.2, -0.15) is 0 Å². The molecule has 2 aromatic carbocycles. The van der Waals surface area contributed by atoms with E-state index in [-0.39, 0.29) is 12.1 Å². The maximum atomic E-state index is 12.1. The number of hydrogen-bond donors (Lipinski definition) is 2. The van der Waals surface area contributed by atoms with Crippen LogP contribution in [0.1, 0.15) is 18.1 Å². The van der Waals surface area contributed by atoms with E-state index in [1.165, 1.54) is 0 Å². The normalized spacial score (nSPS) is 15.8. The molecule has 5 nitrogen and oxygen atoms in total. The molecule has 1 aliphatic heterocycles. The molecule has 3 rings (SSSR count). The second kappa shape index (κ2) is 7.73. The van der Waals surface area contributed by atoms with Gasteiger partial charge < -0.3 is 20.1 Å². The molecule has 0 saturated heterocycles. The van der Waals surface area contributed by atoms with Crippen LogP contribution in [-0.2, 0) is 13.0 Å². The lowest BCUT2D eigenvalue weighted by Gasteiger charge is -2.26. The van der Waals surface area contributed by atoms with Crippen molar-refractivity contribution >= 4 is 6.03 Å². The number of hydrogen-bond acceptors (Lipinski definition) is 3. The first kappa shape index (κ1) is 16.2. The average Bonchev–Trinajstić information content (AvgIpc) is 2.61. The molecule has 0 radical (unpaired) electrons. The molecule has 0 saturated carbocycles. The number of carbonyl (C=O) groups is 1. The van der Waals surface area contributed by atoms with Crippen molar-refractivity contribution in [2.24, 2.45) is 0 Å². The van der Waals surface area contributed by atoms with Gasteiger partial charge in [0.1, 0.15) is 18.1 Å². The van der Waals surface area contributed by atoms with Gasteiger partial charge in [-0.05, 0) is 42.7 Å². The quantitative estimate of drug-likeness (QED) is 0.888. The molecular weight excluding hydrogens is 304 g/mol. The lowest BCUT2D eigenvalue weighted by molar-refractivity contribution is 0.214. The minimum atomic E-state index is -0.183. The van der Waals surface area contributed by atoms with Gasteiger partial charge in [0, 0.05) is 6.54 Å². The maximum Gasteiger partial charge on any atom is 0.315 e. The van der Waals surface area contributed by atoms with Gasteiger partial charge in [0.2, 0.25) is 0 Å². The zero-order valence-corrected chi connectivity index (χ0v) is 13.7. The zero-order chi connectivity index (χ0) is 16.8. The number of benzene rings is 2. The first-order chi connectivity index (χ1) is 11.7. The van der Waals surface area contributed by atoms with Crippen molar-refractivity contribution < 1.29 is 14.3 Å². The van der Waals surface area contributed by atoms with E-state index in [0.717, 1.165) is 29.0 Å². The van der Waals surface area contributed by atoms with Crippen molar-refractivity contribution in [1.29, 1.82) is 0 Å². The molecule has 0 spiro atoms. The molecule has 0 bridgehead atoms. The fourth-order valence-electron chi connectivity index (χ4n) is 2.71. The summed E-state index contributed by atoms with van der Waals surface area (Å²) in [6.07, 6.45) is 0.784. The Morgan fingerprint density at radius 2 is 2.00 bits per heavy atom. The first-order valence-electron chi connectivity index (χ1n) is 8.21. The molecule has 2 N–H and O–H groups in total. The van der Waals surface area contributed by atoms with Crippen LogP contribution in [0.2, 0.25) is 0 Å². The molecule has 24 heavy (non-hydrogen) atoms. The molecule has 1 atom stereocenters. The van der Waals surface area contributed by atoms with Crippen molar-refractivity contribution in [2.45, 2.75) is 25.9 Å². The van der Waals surface area contributed by atoms with Crippen LogP contribution in [0.4, 0.5) is 4.79 Å². The van der Waals surface area contributed by atoms with Crippen LogP contribution in [0.3, 0.4) is 0 Å². The number of rotatable bonds is 5. The Morgan fingerprint density at radius 3 is 2.79 bits per heavy atom. The molecule has 1 heterocycles.